The number of para-hydroxylation sites is 1. The molecule has 2 rings (SSSR count). The molecule has 1 atom stereocenters. The highest BCUT2D eigenvalue weighted by Gasteiger charge is 2.23. The molecule has 3 N–H and O–H groups in total. The molecule has 0 radical (unpaired) electrons. The van der Waals surface area contributed by atoms with Crippen LogP contribution in [-0.2, 0) is 5.41 Å². The lowest BCUT2D eigenvalue weighted by Gasteiger charge is -2.29. The minimum Gasteiger partial charge on any atom is -0.490 e. The van der Waals surface area contributed by atoms with Crippen LogP contribution in [0.25, 0.3) is 0 Å². The number of aliphatic hydroxyl groups is 1. The van der Waals surface area contributed by atoms with Crippen LogP contribution in [-0.4, -0.2) is 57.6 Å². The van der Waals surface area contributed by atoms with E-state index in [4.69, 9.17) is 4.74 Å². The van der Waals surface area contributed by atoms with E-state index in [1.807, 2.05) is 18.2 Å². The van der Waals surface area contributed by atoms with E-state index in [2.05, 4.69) is 33.9 Å². The lowest BCUT2D eigenvalue weighted by atomic mass is 9.86. The van der Waals surface area contributed by atoms with Gasteiger partial charge in [0, 0.05) is 0 Å². The van der Waals surface area contributed by atoms with Crippen molar-refractivity contribution in [1.29, 1.82) is 0 Å². The van der Waals surface area contributed by atoms with Gasteiger partial charge < -0.3 is 19.6 Å². The Morgan fingerprint density at radius 2 is 1.77 bits per heavy atom. The van der Waals surface area contributed by atoms with Crippen molar-refractivity contribution in [2.24, 2.45) is 0 Å². The lowest BCUT2D eigenvalue weighted by Crippen LogP contribution is -3.27. The second-order valence-electron chi connectivity index (χ2n) is 7.62. The number of quaternary nitrogens is 2. The molecule has 1 fully saturated rings. The van der Waals surface area contributed by atoms with Gasteiger partial charge in [-0.1, -0.05) is 39.0 Å². The van der Waals surface area contributed by atoms with E-state index in [9.17, 15) is 5.11 Å². The maximum absolute atomic E-state index is 10.3. The topological polar surface area (TPSA) is 38.3 Å². The maximum atomic E-state index is 10.3. The fraction of sp³-hybridized carbons (Fsp3) is 0.667. The van der Waals surface area contributed by atoms with Gasteiger partial charge in [0.25, 0.3) is 0 Å². The Labute approximate surface area is 134 Å². The largest absolute Gasteiger partial charge is 0.490 e. The van der Waals surface area contributed by atoms with Crippen LogP contribution in [0.3, 0.4) is 0 Å². The maximum Gasteiger partial charge on any atom is 0.137 e. The number of likely N-dealkylation sites (N-methyl/N-ethyl adjacent to an activating group) is 1. The first-order valence-corrected chi connectivity index (χ1v) is 8.41. The van der Waals surface area contributed by atoms with Crippen molar-refractivity contribution in [2.75, 3.05) is 46.4 Å². The van der Waals surface area contributed by atoms with Gasteiger partial charge in [-0.05, 0) is 17.0 Å². The summed E-state index contributed by atoms with van der Waals surface area (Å²) in [4.78, 5) is 3.08. The zero-order valence-corrected chi connectivity index (χ0v) is 14.5. The Morgan fingerprint density at radius 3 is 2.41 bits per heavy atom. The second kappa shape index (κ2) is 7.44. The number of hydrogen-bond acceptors (Lipinski definition) is 2. The molecule has 0 saturated carbocycles. The molecule has 1 aliphatic heterocycles. The fourth-order valence-corrected chi connectivity index (χ4v) is 3.02. The number of rotatable bonds is 5. The Morgan fingerprint density at radius 1 is 1.14 bits per heavy atom. The van der Waals surface area contributed by atoms with Gasteiger partial charge in [-0.25, -0.2) is 0 Å². The smallest absolute Gasteiger partial charge is 0.137 e. The van der Waals surface area contributed by atoms with Crippen LogP contribution in [0.5, 0.6) is 5.75 Å². The highest BCUT2D eigenvalue weighted by Crippen LogP contribution is 2.30. The van der Waals surface area contributed by atoms with Gasteiger partial charge in [0.2, 0.25) is 0 Å². The molecule has 0 spiro atoms. The monoisotopic (exact) mass is 308 g/mol. The van der Waals surface area contributed by atoms with Gasteiger partial charge in [0.15, 0.2) is 0 Å². The Bertz CT molecular complexity index is 462. The van der Waals surface area contributed by atoms with Crippen LogP contribution in [0.15, 0.2) is 24.3 Å². The van der Waals surface area contributed by atoms with Crippen LogP contribution in [0.4, 0.5) is 0 Å². The molecule has 4 nitrogen and oxygen atoms in total. The van der Waals surface area contributed by atoms with E-state index in [0.717, 1.165) is 25.4 Å². The van der Waals surface area contributed by atoms with Gasteiger partial charge in [-0.2, -0.15) is 0 Å². The average Bonchev–Trinajstić information content (AvgIpc) is 2.47. The molecule has 1 saturated heterocycles. The summed E-state index contributed by atoms with van der Waals surface area (Å²) in [5, 5.41) is 10.3. The summed E-state index contributed by atoms with van der Waals surface area (Å²) < 4.78 is 5.92. The molecule has 0 amide bonds. The van der Waals surface area contributed by atoms with E-state index in [1.54, 1.807) is 4.90 Å². The Balaban J connectivity index is 1.85. The van der Waals surface area contributed by atoms with E-state index in [1.165, 1.54) is 23.6 Å². The number of benzene rings is 1. The summed E-state index contributed by atoms with van der Waals surface area (Å²) in [5.74, 6) is 0.895. The summed E-state index contributed by atoms with van der Waals surface area (Å²) >= 11 is 0. The first-order chi connectivity index (χ1) is 10.4. The van der Waals surface area contributed by atoms with Gasteiger partial charge in [0.1, 0.15) is 51.2 Å². The second-order valence-corrected chi connectivity index (χ2v) is 7.62. The van der Waals surface area contributed by atoms with Crippen LogP contribution in [0.2, 0.25) is 0 Å². The zero-order chi connectivity index (χ0) is 16.2. The van der Waals surface area contributed by atoms with Crippen molar-refractivity contribution < 1.29 is 19.6 Å². The number of nitrogens with one attached hydrogen (secondary N) is 2. The van der Waals surface area contributed by atoms with Gasteiger partial charge in [-0.15, -0.1) is 0 Å². The highest BCUT2D eigenvalue weighted by molar-refractivity contribution is 5.38. The minimum atomic E-state index is -0.401. The van der Waals surface area contributed by atoms with Crippen LogP contribution in [0, 0.1) is 0 Å². The third-order valence-corrected chi connectivity index (χ3v) is 4.46. The molecular formula is C18H32N2O2+2. The highest BCUT2D eigenvalue weighted by atomic mass is 16.5. The molecule has 124 valence electrons. The molecule has 0 bridgehead atoms. The molecule has 22 heavy (non-hydrogen) atoms. The summed E-state index contributed by atoms with van der Waals surface area (Å²) in [6.07, 6.45) is -0.401. The quantitative estimate of drug-likeness (QED) is 0.662. The molecule has 0 aromatic heterocycles. The van der Waals surface area contributed by atoms with Crippen LogP contribution < -0.4 is 14.5 Å². The van der Waals surface area contributed by atoms with Gasteiger partial charge in [0.05, 0.1) is 7.05 Å². The van der Waals surface area contributed by atoms with Crippen molar-refractivity contribution in [3.8, 4) is 5.75 Å². The number of piperazine rings is 1. The molecular weight excluding hydrogens is 276 g/mol. The molecule has 1 aromatic rings. The first-order valence-electron chi connectivity index (χ1n) is 8.41. The third-order valence-electron chi connectivity index (χ3n) is 4.46. The van der Waals surface area contributed by atoms with Crippen molar-refractivity contribution in [3.63, 3.8) is 0 Å². The van der Waals surface area contributed by atoms with Gasteiger partial charge >= 0.3 is 0 Å². The van der Waals surface area contributed by atoms with E-state index < -0.39 is 6.10 Å². The van der Waals surface area contributed by atoms with Crippen molar-refractivity contribution >= 4 is 0 Å². The molecule has 1 heterocycles. The molecule has 4 heteroatoms. The average molecular weight is 308 g/mol. The molecule has 0 aliphatic carbocycles. The van der Waals surface area contributed by atoms with Crippen molar-refractivity contribution in [3.05, 3.63) is 29.8 Å². The number of hydrogen-bond donors (Lipinski definition) is 3. The van der Waals surface area contributed by atoms with Crippen LogP contribution in [0.1, 0.15) is 26.3 Å². The molecule has 1 unspecified atom stereocenters. The van der Waals surface area contributed by atoms with E-state index in [-0.39, 0.29) is 5.41 Å². The summed E-state index contributed by atoms with van der Waals surface area (Å²) in [6, 6.07) is 8.14. The number of aliphatic hydroxyl groups excluding tert-OH is 1. The summed E-state index contributed by atoms with van der Waals surface area (Å²) in [6.45, 7) is 12.4. The minimum absolute atomic E-state index is 0.0486. The standard InChI is InChI=1S/C18H30N2O2/c1-18(2,3)16-7-5-6-8-17(16)22-14-15(21)13-20-11-9-19(4)10-12-20/h5-8,15,21H,9-14H2,1-4H3/p+2. The summed E-state index contributed by atoms with van der Waals surface area (Å²) in [7, 11) is 2.24. The van der Waals surface area contributed by atoms with E-state index in [0.29, 0.717) is 6.61 Å². The first kappa shape index (κ1) is 17.3. The van der Waals surface area contributed by atoms with Crippen LogP contribution >= 0.6 is 0 Å². The lowest BCUT2D eigenvalue weighted by molar-refractivity contribution is -1.00. The van der Waals surface area contributed by atoms with Crippen molar-refractivity contribution in [1.82, 2.24) is 0 Å². The molecule has 1 aliphatic rings. The number of ether oxygens (including phenoxy) is 1. The SMILES string of the molecule is C[NH+]1CC[NH+](CC(O)COc2ccccc2C(C)(C)C)CC1. The predicted octanol–water partition coefficient (Wildman–Crippen LogP) is -0.863. The zero-order valence-electron chi connectivity index (χ0n) is 14.5. The fourth-order valence-electron chi connectivity index (χ4n) is 3.02. The van der Waals surface area contributed by atoms with E-state index >= 15 is 0 Å². The third kappa shape index (κ3) is 4.97. The Hall–Kier alpha value is -1.10. The Kier molecular flexibility index (Phi) is 5.84. The molecule has 1 aromatic carbocycles. The predicted molar refractivity (Wildman–Crippen MR) is 88.8 cm³/mol. The van der Waals surface area contributed by atoms with Gasteiger partial charge in [-0.3, -0.25) is 0 Å². The normalized spacial score (nSPS) is 24.0. The summed E-state index contributed by atoms with van der Waals surface area (Å²) in [5.41, 5.74) is 1.24. The van der Waals surface area contributed by atoms with Crippen molar-refractivity contribution in [2.45, 2.75) is 32.3 Å².